The average molecular weight is 144 g/mol. The van der Waals surface area contributed by atoms with Crippen molar-refractivity contribution in [2.45, 2.75) is 13.3 Å². The molecule has 0 aliphatic carbocycles. The number of Topliss-reactive ketones (excluding diaryl/α,β-unsaturated/α-hetero) is 1. The summed E-state index contributed by atoms with van der Waals surface area (Å²) >= 11 is 0. The first kappa shape index (κ1) is 8.81. The van der Waals surface area contributed by atoms with Crippen LogP contribution in [0.5, 0.6) is 0 Å². The molecule has 0 N–H and O–H groups in total. The summed E-state index contributed by atoms with van der Waals surface area (Å²) < 4.78 is 4.40. The van der Waals surface area contributed by atoms with Crippen LogP contribution in [0.2, 0.25) is 0 Å². The zero-order chi connectivity index (χ0) is 7.98. The Morgan fingerprint density at radius 3 is 2.50 bits per heavy atom. The van der Waals surface area contributed by atoms with Gasteiger partial charge in [0.2, 0.25) is 0 Å². The topological polar surface area (TPSA) is 60.4 Å². The lowest BCUT2D eigenvalue weighted by atomic mass is 10.3. The fourth-order valence-electron chi connectivity index (χ4n) is 0.354. The molecule has 0 aromatic heterocycles. The van der Waals surface area contributed by atoms with Crippen molar-refractivity contribution in [3.63, 3.8) is 0 Å². The number of carbonyl (C=O) groups excluding carboxylic acids is 3. The van der Waals surface area contributed by atoms with Crippen LogP contribution in [-0.4, -0.2) is 24.6 Å². The van der Waals surface area contributed by atoms with Crippen molar-refractivity contribution in [3.05, 3.63) is 0 Å². The largest absolute Gasteiger partial charge is 0.465 e. The predicted octanol–water partition coefficient (Wildman–Crippen LogP) is -0.292. The SMILES string of the molecule is CC(=O)OCCC(=O)C=O. The van der Waals surface area contributed by atoms with Crippen LogP contribution in [0, 0.1) is 0 Å². The van der Waals surface area contributed by atoms with E-state index in [1.54, 1.807) is 0 Å². The molecule has 0 rings (SSSR count). The summed E-state index contributed by atoms with van der Waals surface area (Å²) in [5, 5.41) is 0. The van der Waals surface area contributed by atoms with Crippen molar-refractivity contribution in [3.8, 4) is 0 Å². The van der Waals surface area contributed by atoms with Crippen LogP contribution in [0.3, 0.4) is 0 Å². The first-order valence-electron chi connectivity index (χ1n) is 2.78. The van der Waals surface area contributed by atoms with Gasteiger partial charge in [-0.1, -0.05) is 0 Å². The molecule has 0 unspecified atom stereocenters. The number of ketones is 1. The number of ether oxygens (including phenoxy) is 1. The highest BCUT2D eigenvalue weighted by Gasteiger charge is 1.99. The third-order valence-corrected chi connectivity index (χ3v) is 0.785. The molecule has 0 spiro atoms. The zero-order valence-corrected chi connectivity index (χ0v) is 5.62. The van der Waals surface area contributed by atoms with E-state index in [4.69, 9.17) is 0 Å². The summed E-state index contributed by atoms with van der Waals surface area (Å²) in [5.74, 6) is -1.00. The zero-order valence-electron chi connectivity index (χ0n) is 5.62. The van der Waals surface area contributed by atoms with Gasteiger partial charge in [-0.15, -0.1) is 0 Å². The summed E-state index contributed by atoms with van der Waals surface area (Å²) in [6.45, 7) is 1.23. The highest BCUT2D eigenvalue weighted by molar-refractivity contribution is 6.24. The Kier molecular flexibility index (Phi) is 4.11. The van der Waals surface area contributed by atoms with E-state index in [0.717, 1.165) is 0 Å². The second-order valence-electron chi connectivity index (χ2n) is 1.67. The number of rotatable bonds is 4. The molecule has 4 heteroatoms. The third-order valence-electron chi connectivity index (χ3n) is 0.785. The summed E-state index contributed by atoms with van der Waals surface area (Å²) in [7, 11) is 0. The van der Waals surface area contributed by atoms with Crippen molar-refractivity contribution in [1.29, 1.82) is 0 Å². The molecule has 4 nitrogen and oxygen atoms in total. The quantitative estimate of drug-likeness (QED) is 0.309. The van der Waals surface area contributed by atoms with Crippen LogP contribution in [-0.2, 0) is 19.1 Å². The smallest absolute Gasteiger partial charge is 0.302 e. The van der Waals surface area contributed by atoms with Gasteiger partial charge < -0.3 is 4.74 Å². The molecule has 0 bridgehead atoms. The van der Waals surface area contributed by atoms with Crippen LogP contribution in [0.1, 0.15) is 13.3 Å². The van der Waals surface area contributed by atoms with E-state index in [1.807, 2.05) is 0 Å². The summed E-state index contributed by atoms with van der Waals surface area (Å²) in [4.78, 5) is 30.0. The standard InChI is InChI=1S/C6H8O4/c1-5(8)10-3-2-6(9)4-7/h4H,2-3H2,1H3. The van der Waals surface area contributed by atoms with Gasteiger partial charge >= 0.3 is 5.97 Å². The molecule has 0 saturated heterocycles. The Bertz CT molecular complexity index is 150. The van der Waals surface area contributed by atoms with E-state index >= 15 is 0 Å². The first-order chi connectivity index (χ1) is 4.66. The number of carbonyl (C=O) groups is 3. The number of aldehydes is 1. The normalized spacial score (nSPS) is 8.50. The minimum atomic E-state index is -0.554. The van der Waals surface area contributed by atoms with Gasteiger partial charge in [0.25, 0.3) is 0 Å². The molecular formula is C6H8O4. The van der Waals surface area contributed by atoms with Crippen molar-refractivity contribution < 1.29 is 19.1 Å². The number of esters is 1. The van der Waals surface area contributed by atoms with E-state index in [0.29, 0.717) is 0 Å². The van der Waals surface area contributed by atoms with Gasteiger partial charge in [0.1, 0.15) is 0 Å². The molecule has 0 heterocycles. The molecule has 0 amide bonds. The fourth-order valence-corrected chi connectivity index (χ4v) is 0.354. The molecule has 0 aliphatic heterocycles. The molecule has 0 aromatic rings. The molecule has 0 fully saturated rings. The minimum absolute atomic E-state index is 0.00704. The molecule has 0 saturated carbocycles. The number of hydrogen-bond donors (Lipinski definition) is 0. The molecule has 0 aliphatic rings. The summed E-state index contributed by atoms with van der Waals surface area (Å²) in [6.07, 6.45) is 0.187. The lowest BCUT2D eigenvalue weighted by Gasteiger charge is -1.95. The Balaban J connectivity index is 3.28. The molecule has 0 atom stereocenters. The maximum atomic E-state index is 10.2. The fraction of sp³-hybridized carbons (Fsp3) is 0.500. The van der Waals surface area contributed by atoms with Gasteiger partial charge in [0, 0.05) is 13.3 Å². The molecule has 0 aromatic carbocycles. The third kappa shape index (κ3) is 4.96. The van der Waals surface area contributed by atoms with Gasteiger partial charge in [0.15, 0.2) is 12.1 Å². The van der Waals surface area contributed by atoms with Crippen LogP contribution < -0.4 is 0 Å². The van der Waals surface area contributed by atoms with Gasteiger partial charge in [-0.2, -0.15) is 0 Å². The average Bonchev–Trinajstić information content (AvgIpc) is 1.87. The second-order valence-corrected chi connectivity index (χ2v) is 1.67. The molecule has 0 radical (unpaired) electrons. The van der Waals surface area contributed by atoms with Crippen LogP contribution >= 0.6 is 0 Å². The van der Waals surface area contributed by atoms with E-state index in [9.17, 15) is 14.4 Å². The monoisotopic (exact) mass is 144 g/mol. The number of hydrogen-bond acceptors (Lipinski definition) is 4. The van der Waals surface area contributed by atoms with E-state index < -0.39 is 11.8 Å². The van der Waals surface area contributed by atoms with Crippen molar-refractivity contribution in [1.82, 2.24) is 0 Å². The molecule has 10 heavy (non-hydrogen) atoms. The highest BCUT2D eigenvalue weighted by atomic mass is 16.5. The van der Waals surface area contributed by atoms with Crippen molar-refractivity contribution in [2.75, 3.05) is 6.61 Å². The molecule has 56 valence electrons. The second kappa shape index (κ2) is 4.67. The van der Waals surface area contributed by atoms with Gasteiger partial charge in [-0.05, 0) is 0 Å². The maximum Gasteiger partial charge on any atom is 0.302 e. The summed E-state index contributed by atoms with van der Waals surface area (Å²) in [6, 6.07) is 0. The minimum Gasteiger partial charge on any atom is -0.465 e. The Morgan fingerprint density at radius 2 is 2.10 bits per heavy atom. The predicted molar refractivity (Wildman–Crippen MR) is 32.3 cm³/mol. The van der Waals surface area contributed by atoms with Crippen molar-refractivity contribution in [2.24, 2.45) is 0 Å². The Morgan fingerprint density at radius 1 is 1.50 bits per heavy atom. The van der Waals surface area contributed by atoms with Crippen LogP contribution in [0.4, 0.5) is 0 Å². The molecular weight excluding hydrogens is 136 g/mol. The van der Waals surface area contributed by atoms with Gasteiger partial charge in [-0.3, -0.25) is 14.4 Å². The first-order valence-corrected chi connectivity index (χ1v) is 2.78. The van der Waals surface area contributed by atoms with Gasteiger partial charge in [-0.25, -0.2) is 0 Å². The highest BCUT2D eigenvalue weighted by Crippen LogP contribution is 1.82. The van der Waals surface area contributed by atoms with Crippen molar-refractivity contribution >= 4 is 18.0 Å². The van der Waals surface area contributed by atoms with Crippen LogP contribution in [0.25, 0.3) is 0 Å². The Hall–Kier alpha value is -1.19. The lowest BCUT2D eigenvalue weighted by Crippen LogP contribution is -2.07. The van der Waals surface area contributed by atoms with E-state index in [2.05, 4.69) is 4.74 Å². The Labute approximate surface area is 58.2 Å². The summed E-state index contributed by atoms with van der Waals surface area (Å²) in [5.41, 5.74) is 0. The van der Waals surface area contributed by atoms with E-state index in [1.165, 1.54) is 6.92 Å². The maximum absolute atomic E-state index is 10.2. The van der Waals surface area contributed by atoms with Crippen LogP contribution in [0.15, 0.2) is 0 Å². The van der Waals surface area contributed by atoms with Gasteiger partial charge in [0.05, 0.1) is 6.61 Å². The van der Waals surface area contributed by atoms with E-state index in [-0.39, 0.29) is 19.3 Å². The lowest BCUT2D eigenvalue weighted by molar-refractivity contribution is -0.142.